The van der Waals surface area contributed by atoms with Crippen molar-refractivity contribution in [2.24, 2.45) is 17.8 Å². The molecule has 0 aromatic carbocycles. The molecule has 0 spiro atoms. The van der Waals surface area contributed by atoms with E-state index in [1.165, 1.54) is 0 Å². The Hall–Kier alpha value is -1.59. The quantitative estimate of drug-likeness (QED) is 0.723. The maximum Gasteiger partial charge on any atom is 0.307 e. The number of carbonyl (C=O) groups excluding carboxylic acids is 2. The summed E-state index contributed by atoms with van der Waals surface area (Å²) >= 11 is 0. The Morgan fingerprint density at radius 3 is 2.56 bits per heavy atom. The third kappa shape index (κ3) is 2.47. The van der Waals surface area contributed by atoms with E-state index in [4.69, 9.17) is 5.11 Å². The highest BCUT2D eigenvalue weighted by Gasteiger charge is 2.50. The summed E-state index contributed by atoms with van der Waals surface area (Å²) in [4.78, 5) is 36.0. The van der Waals surface area contributed by atoms with Crippen LogP contribution in [0.3, 0.4) is 0 Å². The number of hydrogen-bond acceptors (Lipinski definition) is 3. The molecule has 2 fully saturated rings. The topological polar surface area (TPSA) is 86.7 Å². The lowest BCUT2D eigenvalue weighted by Gasteiger charge is -2.32. The molecule has 2 aliphatic rings. The Morgan fingerprint density at radius 2 is 2.00 bits per heavy atom. The SMILES string of the molecule is CNC(=O)C1CCCN(C(=O)C2CC2C(=O)O)C1. The number of rotatable bonds is 3. The molecule has 0 bridgehead atoms. The van der Waals surface area contributed by atoms with Crippen LogP contribution in [0.25, 0.3) is 0 Å². The Balaban J connectivity index is 1.91. The molecule has 2 rings (SSSR count). The van der Waals surface area contributed by atoms with Crippen LogP contribution in [-0.2, 0) is 14.4 Å². The molecule has 1 saturated carbocycles. The lowest BCUT2D eigenvalue weighted by atomic mass is 9.97. The zero-order chi connectivity index (χ0) is 13.3. The molecule has 2 N–H and O–H groups in total. The van der Waals surface area contributed by atoms with Gasteiger partial charge in [-0.25, -0.2) is 0 Å². The minimum atomic E-state index is -0.895. The van der Waals surface area contributed by atoms with Gasteiger partial charge in [0.1, 0.15) is 0 Å². The van der Waals surface area contributed by atoms with Crippen LogP contribution in [0.4, 0.5) is 0 Å². The maximum absolute atomic E-state index is 12.1. The number of carbonyl (C=O) groups is 3. The van der Waals surface area contributed by atoms with Crippen LogP contribution in [0.2, 0.25) is 0 Å². The van der Waals surface area contributed by atoms with Crippen LogP contribution < -0.4 is 5.32 Å². The average molecular weight is 254 g/mol. The maximum atomic E-state index is 12.1. The van der Waals surface area contributed by atoms with Crippen LogP contribution >= 0.6 is 0 Å². The highest BCUT2D eigenvalue weighted by molar-refractivity contribution is 5.90. The fourth-order valence-electron chi connectivity index (χ4n) is 2.57. The zero-order valence-corrected chi connectivity index (χ0v) is 10.4. The number of carboxylic acids is 1. The van der Waals surface area contributed by atoms with E-state index in [2.05, 4.69) is 5.32 Å². The van der Waals surface area contributed by atoms with Crippen LogP contribution in [0.1, 0.15) is 19.3 Å². The van der Waals surface area contributed by atoms with E-state index >= 15 is 0 Å². The van der Waals surface area contributed by atoms with Crippen molar-refractivity contribution in [3.63, 3.8) is 0 Å². The largest absolute Gasteiger partial charge is 0.481 e. The molecule has 18 heavy (non-hydrogen) atoms. The van der Waals surface area contributed by atoms with Crippen molar-refractivity contribution in [1.82, 2.24) is 10.2 Å². The van der Waals surface area contributed by atoms with Crippen molar-refractivity contribution in [3.8, 4) is 0 Å². The number of likely N-dealkylation sites (tertiary alicyclic amines) is 1. The number of carboxylic acid groups (broad SMARTS) is 1. The van der Waals surface area contributed by atoms with E-state index in [0.717, 1.165) is 12.8 Å². The van der Waals surface area contributed by atoms with E-state index in [1.807, 2.05) is 0 Å². The Morgan fingerprint density at radius 1 is 1.28 bits per heavy atom. The highest BCUT2D eigenvalue weighted by Crippen LogP contribution is 2.40. The molecule has 6 nitrogen and oxygen atoms in total. The normalized spacial score (nSPS) is 30.7. The number of nitrogens with zero attached hydrogens (tertiary/aromatic N) is 1. The Bertz CT molecular complexity index is 382. The molecule has 1 aliphatic heterocycles. The average Bonchev–Trinajstić information content (AvgIpc) is 3.17. The smallest absolute Gasteiger partial charge is 0.307 e. The summed E-state index contributed by atoms with van der Waals surface area (Å²) in [5, 5.41) is 11.4. The van der Waals surface area contributed by atoms with Crippen LogP contribution in [0.15, 0.2) is 0 Å². The third-order valence-corrected chi connectivity index (χ3v) is 3.78. The molecular formula is C12H18N2O4. The lowest BCUT2D eigenvalue weighted by Crippen LogP contribution is -2.45. The number of aliphatic carboxylic acids is 1. The summed E-state index contributed by atoms with van der Waals surface area (Å²) in [7, 11) is 1.59. The Labute approximate surface area is 105 Å². The van der Waals surface area contributed by atoms with E-state index in [-0.39, 0.29) is 23.7 Å². The van der Waals surface area contributed by atoms with Crippen molar-refractivity contribution in [2.45, 2.75) is 19.3 Å². The van der Waals surface area contributed by atoms with Gasteiger partial charge in [0.25, 0.3) is 0 Å². The molecule has 2 amide bonds. The van der Waals surface area contributed by atoms with Gasteiger partial charge in [0.15, 0.2) is 0 Å². The summed E-state index contributed by atoms with van der Waals surface area (Å²) in [5.41, 5.74) is 0. The van der Waals surface area contributed by atoms with E-state index in [1.54, 1.807) is 11.9 Å². The van der Waals surface area contributed by atoms with Gasteiger partial charge in [-0.2, -0.15) is 0 Å². The molecule has 0 aromatic heterocycles. The number of hydrogen-bond donors (Lipinski definition) is 2. The van der Waals surface area contributed by atoms with Gasteiger partial charge in [-0.05, 0) is 19.3 Å². The van der Waals surface area contributed by atoms with Crippen molar-refractivity contribution < 1.29 is 19.5 Å². The fraction of sp³-hybridized carbons (Fsp3) is 0.750. The van der Waals surface area contributed by atoms with Crippen LogP contribution in [-0.4, -0.2) is 47.9 Å². The minimum Gasteiger partial charge on any atom is -0.481 e. The van der Waals surface area contributed by atoms with Gasteiger partial charge in [0, 0.05) is 20.1 Å². The fourth-order valence-corrected chi connectivity index (χ4v) is 2.57. The molecule has 3 atom stereocenters. The monoisotopic (exact) mass is 254 g/mol. The second-order valence-corrected chi connectivity index (χ2v) is 5.02. The van der Waals surface area contributed by atoms with Crippen molar-refractivity contribution in [3.05, 3.63) is 0 Å². The van der Waals surface area contributed by atoms with Gasteiger partial charge in [0.2, 0.25) is 11.8 Å². The predicted molar refractivity (Wildman–Crippen MR) is 62.6 cm³/mol. The molecule has 6 heteroatoms. The molecule has 1 heterocycles. The van der Waals surface area contributed by atoms with E-state index in [0.29, 0.717) is 19.5 Å². The summed E-state index contributed by atoms with van der Waals surface area (Å²) in [6.07, 6.45) is 2.03. The number of amides is 2. The van der Waals surface area contributed by atoms with Gasteiger partial charge in [-0.1, -0.05) is 0 Å². The summed E-state index contributed by atoms with van der Waals surface area (Å²) in [6.45, 7) is 1.05. The molecule has 3 unspecified atom stereocenters. The van der Waals surface area contributed by atoms with E-state index in [9.17, 15) is 14.4 Å². The van der Waals surface area contributed by atoms with Crippen molar-refractivity contribution >= 4 is 17.8 Å². The Kier molecular flexibility index (Phi) is 3.54. The second-order valence-electron chi connectivity index (χ2n) is 5.02. The van der Waals surface area contributed by atoms with Crippen LogP contribution in [0, 0.1) is 17.8 Å². The molecule has 1 saturated heterocycles. The molecule has 100 valence electrons. The van der Waals surface area contributed by atoms with E-state index < -0.39 is 11.9 Å². The van der Waals surface area contributed by atoms with Gasteiger partial charge < -0.3 is 15.3 Å². The summed E-state index contributed by atoms with van der Waals surface area (Å²) in [5.74, 6) is -2.08. The minimum absolute atomic E-state index is 0.0434. The number of piperidine rings is 1. The van der Waals surface area contributed by atoms with Gasteiger partial charge >= 0.3 is 5.97 Å². The van der Waals surface area contributed by atoms with Gasteiger partial charge in [-0.15, -0.1) is 0 Å². The van der Waals surface area contributed by atoms with Crippen LogP contribution in [0.5, 0.6) is 0 Å². The highest BCUT2D eigenvalue weighted by atomic mass is 16.4. The first-order valence-electron chi connectivity index (χ1n) is 6.27. The zero-order valence-electron chi connectivity index (χ0n) is 10.4. The predicted octanol–water partition coefficient (Wildman–Crippen LogP) is -0.308. The first-order valence-corrected chi connectivity index (χ1v) is 6.27. The summed E-state index contributed by atoms with van der Waals surface area (Å²) < 4.78 is 0. The first-order chi connectivity index (χ1) is 8.54. The van der Waals surface area contributed by atoms with Crippen molar-refractivity contribution in [1.29, 1.82) is 0 Å². The van der Waals surface area contributed by atoms with Crippen molar-refractivity contribution in [2.75, 3.05) is 20.1 Å². The molecule has 0 aromatic rings. The second kappa shape index (κ2) is 4.96. The molecule has 0 radical (unpaired) electrons. The van der Waals surface area contributed by atoms with Gasteiger partial charge in [-0.3, -0.25) is 14.4 Å². The van der Waals surface area contributed by atoms with Gasteiger partial charge in [0.05, 0.1) is 17.8 Å². The summed E-state index contributed by atoms with van der Waals surface area (Å²) in [6, 6.07) is 0. The molecule has 1 aliphatic carbocycles. The molecular weight excluding hydrogens is 236 g/mol. The standard InChI is InChI=1S/C12H18N2O4/c1-13-10(15)7-3-2-4-14(6-7)11(16)8-5-9(8)12(17)18/h7-9H,2-6H2,1H3,(H,13,15)(H,17,18). The first kappa shape index (κ1) is 12.9. The third-order valence-electron chi connectivity index (χ3n) is 3.78. The lowest BCUT2D eigenvalue weighted by molar-refractivity contribution is -0.143. The number of nitrogens with one attached hydrogen (secondary N) is 1.